The Morgan fingerprint density at radius 1 is 1.22 bits per heavy atom. The van der Waals surface area contributed by atoms with Gasteiger partial charge in [-0.1, -0.05) is 34.1 Å². The van der Waals surface area contributed by atoms with Crippen molar-refractivity contribution in [3.05, 3.63) is 0 Å². The van der Waals surface area contributed by atoms with Crippen LogP contribution in [-0.2, 0) is 13.8 Å². The second kappa shape index (κ2) is 8.39. The Kier molecular flexibility index (Phi) is 8.48. The molecule has 0 aromatic rings. The Bertz CT molecular complexity index is 310. The van der Waals surface area contributed by atoms with Crippen LogP contribution in [0.15, 0.2) is 0 Å². The van der Waals surface area contributed by atoms with Crippen LogP contribution in [0.2, 0.25) is 0 Å². The molecule has 0 bridgehead atoms. The minimum atomic E-state index is -3.47. The topological polar surface area (TPSA) is 43.4 Å². The van der Waals surface area contributed by atoms with E-state index in [-0.39, 0.29) is 11.2 Å². The molecular weight excluding hydrogens is 272 g/mol. The lowest BCUT2D eigenvalue weighted by atomic mass is 9.85. The summed E-state index contributed by atoms with van der Waals surface area (Å²) in [5, 5.41) is 0. The number of ether oxygens (including phenoxy) is 1. The summed E-state index contributed by atoms with van der Waals surface area (Å²) in [5.41, 5.74) is -0.341. The van der Waals surface area contributed by atoms with Crippen LogP contribution in [0, 0.1) is 11.3 Å². The highest BCUT2D eigenvalue weighted by molar-refractivity contribution is 8.13. The molecule has 0 aromatic carbocycles. The SMILES string of the molecule is CCCC(C)COCC(CC)(CC)CS(=O)(=O)Cl. The molecule has 0 amide bonds. The molecule has 0 aliphatic heterocycles. The van der Waals surface area contributed by atoms with Gasteiger partial charge < -0.3 is 4.74 Å². The fourth-order valence-electron chi connectivity index (χ4n) is 2.12. The van der Waals surface area contributed by atoms with Gasteiger partial charge in [0, 0.05) is 22.7 Å². The van der Waals surface area contributed by atoms with E-state index in [0.29, 0.717) is 19.1 Å². The maximum atomic E-state index is 11.3. The number of halogens is 1. The maximum absolute atomic E-state index is 11.3. The number of rotatable bonds is 10. The normalized spacial score (nSPS) is 14.7. The fourth-order valence-corrected chi connectivity index (χ4v) is 4.04. The lowest BCUT2D eigenvalue weighted by Crippen LogP contribution is -2.33. The van der Waals surface area contributed by atoms with Gasteiger partial charge in [0.05, 0.1) is 12.4 Å². The molecule has 0 aliphatic carbocycles. The van der Waals surface area contributed by atoms with Crippen LogP contribution in [0.3, 0.4) is 0 Å². The summed E-state index contributed by atoms with van der Waals surface area (Å²) >= 11 is 0. The molecule has 5 heteroatoms. The van der Waals surface area contributed by atoms with Crippen LogP contribution in [0.4, 0.5) is 0 Å². The van der Waals surface area contributed by atoms with Gasteiger partial charge in [-0.05, 0) is 25.2 Å². The lowest BCUT2D eigenvalue weighted by Gasteiger charge is -2.30. The van der Waals surface area contributed by atoms with E-state index in [1.807, 2.05) is 13.8 Å². The van der Waals surface area contributed by atoms with Gasteiger partial charge in [0.1, 0.15) is 0 Å². The van der Waals surface area contributed by atoms with Crippen LogP contribution in [0.5, 0.6) is 0 Å². The van der Waals surface area contributed by atoms with E-state index < -0.39 is 9.05 Å². The summed E-state index contributed by atoms with van der Waals surface area (Å²) in [4.78, 5) is 0. The molecule has 0 heterocycles. The minimum Gasteiger partial charge on any atom is -0.381 e. The van der Waals surface area contributed by atoms with Gasteiger partial charge >= 0.3 is 0 Å². The van der Waals surface area contributed by atoms with Crippen molar-refractivity contribution in [2.75, 3.05) is 19.0 Å². The molecule has 1 atom stereocenters. The van der Waals surface area contributed by atoms with Crippen molar-refractivity contribution in [1.29, 1.82) is 0 Å². The van der Waals surface area contributed by atoms with Crippen molar-refractivity contribution < 1.29 is 13.2 Å². The molecule has 0 spiro atoms. The zero-order valence-corrected chi connectivity index (χ0v) is 13.6. The monoisotopic (exact) mass is 298 g/mol. The first-order valence-corrected chi connectivity index (χ1v) is 9.26. The van der Waals surface area contributed by atoms with Gasteiger partial charge in [-0.25, -0.2) is 8.42 Å². The van der Waals surface area contributed by atoms with Gasteiger partial charge in [0.2, 0.25) is 9.05 Å². The molecule has 0 fully saturated rings. The van der Waals surface area contributed by atoms with Gasteiger partial charge in [0.25, 0.3) is 0 Å². The zero-order valence-electron chi connectivity index (χ0n) is 12.0. The Hall–Kier alpha value is 0.200. The highest BCUT2D eigenvalue weighted by atomic mass is 35.7. The van der Waals surface area contributed by atoms with E-state index in [0.717, 1.165) is 25.7 Å². The molecule has 0 rings (SSSR count). The van der Waals surface area contributed by atoms with E-state index >= 15 is 0 Å². The summed E-state index contributed by atoms with van der Waals surface area (Å²) < 4.78 is 28.3. The molecule has 0 radical (unpaired) electrons. The zero-order chi connectivity index (χ0) is 14.2. The molecular formula is C13H27ClO3S. The van der Waals surface area contributed by atoms with E-state index in [9.17, 15) is 8.42 Å². The first kappa shape index (κ1) is 18.2. The Balaban J connectivity index is 4.35. The maximum Gasteiger partial charge on any atom is 0.233 e. The Morgan fingerprint density at radius 3 is 2.17 bits per heavy atom. The quantitative estimate of drug-likeness (QED) is 0.576. The Labute approximate surface area is 117 Å². The van der Waals surface area contributed by atoms with Crippen molar-refractivity contribution in [2.45, 2.75) is 53.4 Å². The van der Waals surface area contributed by atoms with E-state index in [4.69, 9.17) is 15.4 Å². The van der Waals surface area contributed by atoms with E-state index in [1.165, 1.54) is 0 Å². The van der Waals surface area contributed by atoms with E-state index in [1.54, 1.807) is 0 Å². The second-order valence-electron chi connectivity index (χ2n) is 5.30. The first-order valence-electron chi connectivity index (χ1n) is 6.78. The third-order valence-corrected chi connectivity index (χ3v) is 4.86. The Morgan fingerprint density at radius 2 is 1.78 bits per heavy atom. The average Bonchev–Trinajstić information content (AvgIpc) is 2.26. The van der Waals surface area contributed by atoms with Crippen molar-refractivity contribution in [3.8, 4) is 0 Å². The van der Waals surface area contributed by atoms with Crippen LogP contribution < -0.4 is 0 Å². The molecule has 0 aromatic heterocycles. The summed E-state index contributed by atoms with van der Waals surface area (Å²) in [5.74, 6) is 0.519. The summed E-state index contributed by atoms with van der Waals surface area (Å²) in [6.07, 6.45) is 3.81. The molecule has 3 nitrogen and oxygen atoms in total. The van der Waals surface area contributed by atoms with E-state index in [2.05, 4.69) is 13.8 Å². The molecule has 0 N–H and O–H groups in total. The summed E-state index contributed by atoms with van der Waals surface area (Å²) in [7, 11) is 1.91. The largest absolute Gasteiger partial charge is 0.381 e. The number of hydrogen-bond donors (Lipinski definition) is 0. The lowest BCUT2D eigenvalue weighted by molar-refractivity contribution is 0.0317. The number of hydrogen-bond acceptors (Lipinski definition) is 3. The average molecular weight is 299 g/mol. The second-order valence-corrected chi connectivity index (χ2v) is 8.08. The fraction of sp³-hybridized carbons (Fsp3) is 1.00. The van der Waals surface area contributed by atoms with Gasteiger partial charge in [0.15, 0.2) is 0 Å². The predicted molar refractivity (Wildman–Crippen MR) is 77.5 cm³/mol. The summed E-state index contributed by atoms with van der Waals surface area (Å²) in [6, 6.07) is 0. The molecule has 0 aliphatic rings. The van der Waals surface area contributed by atoms with Crippen LogP contribution in [-0.4, -0.2) is 27.4 Å². The highest BCUT2D eigenvalue weighted by Gasteiger charge is 2.32. The van der Waals surface area contributed by atoms with Gasteiger partial charge in [-0.3, -0.25) is 0 Å². The van der Waals surface area contributed by atoms with Gasteiger partial charge in [-0.2, -0.15) is 0 Å². The molecule has 0 saturated heterocycles. The molecule has 18 heavy (non-hydrogen) atoms. The standard InChI is InChI=1S/C13H27ClO3S/c1-5-8-12(4)9-17-10-13(6-2,7-3)11-18(14,15)16/h12H,5-11H2,1-4H3. The van der Waals surface area contributed by atoms with Crippen LogP contribution in [0.1, 0.15) is 53.4 Å². The first-order chi connectivity index (χ1) is 8.28. The van der Waals surface area contributed by atoms with Crippen molar-refractivity contribution in [3.63, 3.8) is 0 Å². The minimum absolute atomic E-state index is 0.00326. The summed E-state index contributed by atoms with van der Waals surface area (Å²) in [6.45, 7) is 9.45. The van der Waals surface area contributed by atoms with Crippen LogP contribution >= 0.6 is 10.7 Å². The van der Waals surface area contributed by atoms with Crippen LogP contribution in [0.25, 0.3) is 0 Å². The smallest absolute Gasteiger partial charge is 0.233 e. The third-order valence-electron chi connectivity index (χ3n) is 3.57. The molecule has 0 saturated carbocycles. The van der Waals surface area contributed by atoms with Gasteiger partial charge in [-0.15, -0.1) is 0 Å². The van der Waals surface area contributed by atoms with Crippen molar-refractivity contribution >= 4 is 19.7 Å². The van der Waals surface area contributed by atoms with Crippen molar-refractivity contribution in [2.24, 2.45) is 11.3 Å². The third kappa shape index (κ3) is 7.59. The van der Waals surface area contributed by atoms with Crippen molar-refractivity contribution in [1.82, 2.24) is 0 Å². The molecule has 110 valence electrons. The molecule has 1 unspecified atom stereocenters. The predicted octanol–water partition coefficient (Wildman–Crippen LogP) is 3.81. The highest BCUT2D eigenvalue weighted by Crippen LogP contribution is 2.30.